The quantitative estimate of drug-likeness (QED) is 0.867. The Hall–Kier alpha value is -2.07. The SMILES string of the molecule is CS(=O)(=O)Nc1ccc(Nc2ccc(Cl)cc2C(F)(F)F)nn1. The van der Waals surface area contributed by atoms with Crippen LogP contribution in [0.15, 0.2) is 30.3 Å². The van der Waals surface area contributed by atoms with E-state index >= 15 is 0 Å². The molecule has 0 atom stereocenters. The third-order valence-corrected chi connectivity index (χ3v) is 3.32. The van der Waals surface area contributed by atoms with Crippen LogP contribution in [0.1, 0.15) is 5.56 Å². The molecule has 0 aliphatic heterocycles. The summed E-state index contributed by atoms with van der Waals surface area (Å²) in [6, 6.07) is 5.80. The molecule has 0 saturated heterocycles. The van der Waals surface area contributed by atoms with E-state index in [0.717, 1.165) is 18.4 Å². The van der Waals surface area contributed by atoms with E-state index in [1.807, 2.05) is 0 Å². The Bertz CT molecular complexity index is 810. The molecule has 2 aromatic rings. The van der Waals surface area contributed by atoms with E-state index in [9.17, 15) is 21.6 Å². The first-order valence-electron chi connectivity index (χ1n) is 6.00. The Morgan fingerprint density at radius 2 is 1.70 bits per heavy atom. The minimum atomic E-state index is -4.60. The number of halogens is 4. The van der Waals surface area contributed by atoms with Gasteiger partial charge in [0, 0.05) is 5.02 Å². The van der Waals surface area contributed by atoms with Gasteiger partial charge in [-0.2, -0.15) is 13.2 Å². The van der Waals surface area contributed by atoms with Crippen LogP contribution in [-0.2, 0) is 16.2 Å². The maximum atomic E-state index is 13.0. The Labute approximate surface area is 134 Å². The summed E-state index contributed by atoms with van der Waals surface area (Å²) in [5.74, 6) is -0.0397. The van der Waals surface area contributed by atoms with E-state index in [1.165, 1.54) is 18.2 Å². The van der Waals surface area contributed by atoms with Crippen molar-refractivity contribution < 1.29 is 21.6 Å². The zero-order valence-electron chi connectivity index (χ0n) is 11.5. The van der Waals surface area contributed by atoms with Gasteiger partial charge >= 0.3 is 6.18 Å². The van der Waals surface area contributed by atoms with Crippen LogP contribution >= 0.6 is 11.6 Å². The minimum absolute atomic E-state index is 0.0110. The zero-order valence-corrected chi connectivity index (χ0v) is 13.1. The van der Waals surface area contributed by atoms with Crippen LogP contribution in [0, 0.1) is 0 Å². The number of rotatable bonds is 4. The van der Waals surface area contributed by atoms with Gasteiger partial charge in [0.15, 0.2) is 11.6 Å². The lowest BCUT2D eigenvalue weighted by atomic mass is 10.1. The molecule has 0 saturated carbocycles. The third kappa shape index (κ3) is 4.96. The molecule has 1 aromatic heterocycles. The standard InChI is InChI=1S/C12H10ClF3N4O2S/c1-23(21,22)20-11-5-4-10(18-19-11)17-9-3-2-7(13)6-8(9)12(14,15)16/h2-6H,1H3,(H,17,18)(H,19,20). The molecule has 0 fully saturated rings. The predicted molar refractivity (Wildman–Crippen MR) is 80.2 cm³/mol. The maximum Gasteiger partial charge on any atom is 0.418 e. The monoisotopic (exact) mass is 366 g/mol. The molecule has 0 aliphatic carbocycles. The molecule has 0 amide bonds. The molecule has 2 N–H and O–H groups in total. The summed E-state index contributed by atoms with van der Waals surface area (Å²) in [4.78, 5) is 0. The molecule has 0 radical (unpaired) electrons. The van der Waals surface area contributed by atoms with Gasteiger partial charge in [0.2, 0.25) is 10.0 Å². The summed E-state index contributed by atoms with van der Waals surface area (Å²) in [7, 11) is -3.52. The predicted octanol–water partition coefficient (Wildman–Crippen LogP) is 3.26. The average molecular weight is 367 g/mol. The molecule has 0 aliphatic rings. The Morgan fingerprint density at radius 3 is 2.22 bits per heavy atom. The number of hydrogen-bond donors (Lipinski definition) is 2. The molecule has 0 bridgehead atoms. The van der Waals surface area contributed by atoms with Gasteiger partial charge in [-0.1, -0.05) is 11.6 Å². The van der Waals surface area contributed by atoms with Crippen LogP contribution in [-0.4, -0.2) is 24.9 Å². The Morgan fingerprint density at radius 1 is 1.09 bits per heavy atom. The lowest BCUT2D eigenvalue weighted by molar-refractivity contribution is -0.136. The van der Waals surface area contributed by atoms with Crippen LogP contribution in [0.3, 0.4) is 0 Å². The first-order chi connectivity index (χ1) is 10.5. The topological polar surface area (TPSA) is 84.0 Å². The van der Waals surface area contributed by atoms with Crippen LogP contribution in [0.5, 0.6) is 0 Å². The van der Waals surface area contributed by atoms with Gasteiger partial charge in [0.05, 0.1) is 17.5 Å². The van der Waals surface area contributed by atoms with Gasteiger partial charge < -0.3 is 5.32 Å². The number of sulfonamides is 1. The van der Waals surface area contributed by atoms with E-state index in [2.05, 4.69) is 20.2 Å². The summed E-state index contributed by atoms with van der Waals surface area (Å²) < 4.78 is 63.1. The molecule has 11 heteroatoms. The summed E-state index contributed by atoms with van der Waals surface area (Å²) in [5, 5.41) is 9.59. The van der Waals surface area contributed by atoms with Gasteiger partial charge in [-0.3, -0.25) is 4.72 Å². The van der Waals surface area contributed by atoms with Crippen LogP contribution in [0.2, 0.25) is 5.02 Å². The lowest BCUT2D eigenvalue weighted by Gasteiger charge is -2.14. The van der Waals surface area contributed by atoms with E-state index in [-0.39, 0.29) is 22.3 Å². The summed E-state index contributed by atoms with van der Waals surface area (Å²) >= 11 is 5.59. The largest absolute Gasteiger partial charge is 0.418 e. The third-order valence-electron chi connectivity index (χ3n) is 2.50. The number of anilines is 3. The van der Waals surface area contributed by atoms with Gasteiger partial charge in [-0.25, -0.2) is 8.42 Å². The number of benzene rings is 1. The number of hydrogen-bond acceptors (Lipinski definition) is 5. The first kappa shape index (κ1) is 17.3. The second-order valence-corrected chi connectivity index (χ2v) is 6.68. The second kappa shape index (κ2) is 6.20. The molecule has 0 unspecified atom stereocenters. The van der Waals surface area contributed by atoms with Crippen molar-refractivity contribution in [2.24, 2.45) is 0 Å². The number of aromatic nitrogens is 2. The molecule has 0 spiro atoms. The lowest BCUT2D eigenvalue weighted by Crippen LogP contribution is -2.12. The highest BCUT2D eigenvalue weighted by Gasteiger charge is 2.33. The Balaban J connectivity index is 2.26. The van der Waals surface area contributed by atoms with Crippen molar-refractivity contribution in [2.45, 2.75) is 6.18 Å². The highest BCUT2D eigenvalue weighted by atomic mass is 35.5. The number of nitrogens with one attached hydrogen (secondary N) is 2. The normalized spacial score (nSPS) is 12.0. The number of nitrogens with zero attached hydrogens (tertiary/aromatic N) is 2. The Kier molecular flexibility index (Phi) is 4.66. The molecule has 124 valence electrons. The van der Waals surface area contributed by atoms with E-state index < -0.39 is 21.8 Å². The summed E-state index contributed by atoms with van der Waals surface area (Å²) in [6.07, 6.45) is -3.66. The van der Waals surface area contributed by atoms with Crippen molar-refractivity contribution in [3.05, 3.63) is 40.9 Å². The van der Waals surface area contributed by atoms with E-state index in [0.29, 0.717) is 0 Å². The van der Waals surface area contributed by atoms with Gasteiger partial charge in [-0.15, -0.1) is 10.2 Å². The summed E-state index contributed by atoms with van der Waals surface area (Å²) in [6.45, 7) is 0. The van der Waals surface area contributed by atoms with Gasteiger partial charge in [0.25, 0.3) is 0 Å². The fourth-order valence-corrected chi connectivity index (χ4v) is 2.30. The van der Waals surface area contributed by atoms with Gasteiger partial charge in [0.1, 0.15) is 0 Å². The highest BCUT2D eigenvalue weighted by molar-refractivity contribution is 7.92. The molecular formula is C12H10ClF3N4O2S. The molecular weight excluding hydrogens is 357 g/mol. The van der Waals surface area contributed by atoms with Crippen molar-refractivity contribution in [3.8, 4) is 0 Å². The van der Waals surface area contributed by atoms with Crippen LogP contribution in [0.25, 0.3) is 0 Å². The van der Waals surface area contributed by atoms with Crippen LogP contribution < -0.4 is 10.0 Å². The fraction of sp³-hybridized carbons (Fsp3) is 0.167. The molecule has 1 aromatic carbocycles. The van der Waals surface area contributed by atoms with Gasteiger partial charge in [-0.05, 0) is 30.3 Å². The molecule has 1 heterocycles. The zero-order chi connectivity index (χ0) is 17.3. The van der Waals surface area contributed by atoms with Crippen molar-refractivity contribution in [1.29, 1.82) is 0 Å². The molecule has 23 heavy (non-hydrogen) atoms. The first-order valence-corrected chi connectivity index (χ1v) is 8.27. The smallest absolute Gasteiger partial charge is 0.338 e. The van der Waals surface area contributed by atoms with E-state index in [4.69, 9.17) is 11.6 Å². The molecule has 6 nitrogen and oxygen atoms in total. The summed E-state index contributed by atoms with van der Waals surface area (Å²) in [5.41, 5.74) is -1.20. The second-order valence-electron chi connectivity index (χ2n) is 4.49. The number of alkyl halides is 3. The van der Waals surface area contributed by atoms with E-state index in [1.54, 1.807) is 0 Å². The van der Waals surface area contributed by atoms with Crippen molar-refractivity contribution in [3.63, 3.8) is 0 Å². The maximum absolute atomic E-state index is 13.0. The average Bonchev–Trinajstić information content (AvgIpc) is 2.40. The van der Waals surface area contributed by atoms with Crippen molar-refractivity contribution in [2.75, 3.05) is 16.3 Å². The van der Waals surface area contributed by atoms with Crippen molar-refractivity contribution >= 4 is 38.9 Å². The highest BCUT2D eigenvalue weighted by Crippen LogP contribution is 2.37. The minimum Gasteiger partial charge on any atom is -0.338 e. The molecule has 2 rings (SSSR count). The van der Waals surface area contributed by atoms with Crippen molar-refractivity contribution in [1.82, 2.24) is 10.2 Å². The van der Waals surface area contributed by atoms with Crippen LogP contribution in [0.4, 0.5) is 30.5 Å². The fourth-order valence-electron chi connectivity index (χ4n) is 1.64.